The van der Waals surface area contributed by atoms with E-state index in [1.165, 1.54) is 12.8 Å². The van der Waals surface area contributed by atoms with Crippen LogP contribution in [0.3, 0.4) is 0 Å². The Morgan fingerprint density at radius 1 is 0.960 bits per heavy atom. The van der Waals surface area contributed by atoms with Gasteiger partial charge in [-0.1, -0.05) is 17.3 Å². The lowest BCUT2D eigenvalue weighted by molar-refractivity contribution is 0.364. The van der Waals surface area contributed by atoms with Crippen molar-refractivity contribution in [1.29, 1.82) is 0 Å². The second-order valence-electron chi connectivity index (χ2n) is 7.01. The number of hydrogen-bond donors (Lipinski definition) is 0. The normalized spacial score (nSPS) is 18.8. The Balaban J connectivity index is 1.31. The molecule has 1 saturated heterocycles. The number of rotatable bonds is 3. The summed E-state index contributed by atoms with van der Waals surface area (Å²) in [6, 6.07) is 10.4. The lowest BCUT2D eigenvalue weighted by Crippen LogP contribution is -2.33. The maximum absolute atomic E-state index is 5.42. The van der Waals surface area contributed by atoms with Crippen LogP contribution in [0.5, 0.6) is 0 Å². The molecule has 1 aliphatic carbocycles. The van der Waals surface area contributed by atoms with Crippen LogP contribution in [0.4, 0.5) is 5.82 Å². The number of benzene rings is 1. The van der Waals surface area contributed by atoms with Crippen molar-refractivity contribution >= 4 is 32.7 Å². The Labute approximate surface area is 154 Å². The Kier molecular flexibility index (Phi) is 3.73. The van der Waals surface area contributed by atoms with E-state index < -0.39 is 0 Å². The molecular formula is C19H19BrN4O. The molecule has 5 rings (SSSR count). The second-order valence-corrected chi connectivity index (χ2v) is 7.86. The van der Waals surface area contributed by atoms with Crippen molar-refractivity contribution in [2.24, 2.45) is 0 Å². The summed E-state index contributed by atoms with van der Waals surface area (Å²) >= 11 is 3.61. The number of nitrogens with zero attached hydrogens (tertiary/aromatic N) is 4. The zero-order chi connectivity index (χ0) is 16.8. The first kappa shape index (κ1) is 15.3. The van der Waals surface area contributed by atoms with Crippen LogP contribution >= 0.6 is 15.9 Å². The lowest BCUT2D eigenvalue weighted by atomic mass is 9.96. The first-order valence-electron chi connectivity index (χ1n) is 8.91. The summed E-state index contributed by atoms with van der Waals surface area (Å²) in [5.41, 5.74) is 1.02. The van der Waals surface area contributed by atoms with Crippen LogP contribution in [0, 0.1) is 0 Å². The van der Waals surface area contributed by atoms with Crippen LogP contribution in [0.15, 0.2) is 39.3 Å². The number of pyridine rings is 1. The van der Waals surface area contributed by atoms with Crippen LogP contribution < -0.4 is 4.90 Å². The van der Waals surface area contributed by atoms with Gasteiger partial charge in [-0.05, 0) is 59.8 Å². The van der Waals surface area contributed by atoms with Crippen LogP contribution in [-0.2, 0) is 0 Å². The number of piperidine rings is 1. The molecule has 3 aromatic rings. The van der Waals surface area contributed by atoms with Gasteiger partial charge in [-0.2, -0.15) is 4.98 Å². The third-order valence-corrected chi connectivity index (χ3v) is 5.86. The average molecular weight is 399 g/mol. The molecule has 0 spiro atoms. The van der Waals surface area contributed by atoms with Crippen molar-refractivity contribution in [2.75, 3.05) is 18.0 Å². The molecule has 2 fully saturated rings. The Morgan fingerprint density at radius 2 is 1.80 bits per heavy atom. The van der Waals surface area contributed by atoms with Gasteiger partial charge in [0.1, 0.15) is 5.82 Å². The van der Waals surface area contributed by atoms with Gasteiger partial charge < -0.3 is 9.42 Å². The maximum atomic E-state index is 5.42. The molecule has 0 amide bonds. The minimum Gasteiger partial charge on any atom is -0.357 e. The number of aromatic nitrogens is 3. The number of para-hydroxylation sites is 1. The fourth-order valence-electron chi connectivity index (χ4n) is 3.55. The number of fused-ring (bicyclic) bond motifs is 1. The average Bonchev–Trinajstić information content (AvgIpc) is 3.39. The summed E-state index contributed by atoms with van der Waals surface area (Å²) in [6.45, 7) is 1.95. The smallest absolute Gasteiger partial charge is 0.229 e. The number of hydrogen-bond acceptors (Lipinski definition) is 5. The summed E-state index contributed by atoms with van der Waals surface area (Å²) in [7, 11) is 0. The van der Waals surface area contributed by atoms with Crippen LogP contribution in [0.2, 0.25) is 0 Å². The molecule has 6 heteroatoms. The fourth-order valence-corrected chi connectivity index (χ4v) is 4.02. The third kappa shape index (κ3) is 2.92. The number of anilines is 1. The van der Waals surface area contributed by atoms with Gasteiger partial charge in [0, 0.05) is 34.8 Å². The van der Waals surface area contributed by atoms with Crippen LogP contribution in [-0.4, -0.2) is 28.2 Å². The van der Waals surface area contributed by atoms with Crippen molar-refractivity contribution < 1.29 is 4.52 Å². The monoisotopic (exact) mass is 398 g/mol. The molecule has 2 aliphatic rings. The predicted octanol–water partition coefficient (Wildman–Crippen LogP) is 4.64. The Hall–Kier alpha value is -1.95. The van der Waals surface area contributed by atoms with Gasteiger partial charge >= 0.3 is 0 Å². The topological polar surface area (TPSA) is 55.1 Å². The summed E-state index contributed by atoms with van der Waals surface area (Å²) in [6.07, 6.45) is 4.48. The minimum absolute atomic E-state index is 0.402. The molecule has 0 radical (unpaired) electrons. The predicted molar refractivity (Wildman–Crippen MR) is 99.9 cm³/mol. The van der Waals surface area contributed by atoms with Crippen molar-refractivity contribution in [3.8, 4) is 0 Å². The van der Waals surface area contributed by atoms with Gasteiger partial charge in [-0.15, -0.1) is 0 Å². The van der Waals surface area contributed by atoms with E-state index in [1.54, 1.807) is 0 Å². The van der Waals surface area contributed by atoms with Crippen LogP contribution in [0.25, 0.3) is 10.9 Å². The van der Waals surface area contributed by atoms with E-state index in [9.17, 15) is 0 Å². The van der Waals surface area contributed by atoms with E-state index in [1.807, 2.05) is 12.1 Å². The molecule has 0 unspecified atom stereocenters. The molecule has 1 aromatic carbocycles. The molecular weight excluding hydrogens is 380 g/mol. The quantitative estimate of drug-likeness (QED) is 0.642. The van der Waals surface area contributed by atoms with Gasteiger partial charge in [0.15, 0.2) is 5.82 Å². The highest BCUT2D eigenvalue weighted by Gasteiger charge is 2.32. The number of halogens is 1. The second kappa shape index (κ2) is 6.09. The molecule has 25 heavy (non-hydrogen) atoms. The first-order valence-corrected chi connectivity index (χ1v) is 9.71. The summed E-state index contributed by atoms with van der Waals surface area (Å²) in [5, 5.41) is 5.38. The van der Waals surface area contributed by atoms with Crippen molar-refractivity contribution in [3.63, 3.8) is 0 Å². The third-order valence-electron chi connectivity index (χ3n) is 5.22. The molecule has 0 atom stereocenters. The van der Waals surface area contributed by atoms with Gasteiger partial charge in [0.2, 0.25) is 5.89 Å². The van der Waals surface area contributed by atoms with E-state index >= 15 is 0 Å². The van der Waals surface area contributed by atoms with Crippen molar-refractivity contribution in [2.45, 2.75) is 37.5 Å². The standard InChI is InChI=1S/C19H19BrN4O/c20-15-3-1-2-12-6-7-16(21-17(12)15)24-10-8-13(9-11-24)18-22-19(25-23-18)14-4-5-14/h1-3,6-7,13-14H,4-5,8-11H2. The molecule has 5 nitrogen and oxygen atoms in total. The SMILES string of the molecule is Brc1cccc2ccc(N3CCC(c4noc(C5CC5)n4)CC3)nc12. The van der Waals surface area contributed by atoms with Gasteiger partial charge in [0.05, 0.1) is 5.52 Å². The van der Waals surface area contributed by atoms with E-state index in [0.717, 1.165) is 58.8 Å². The molecule has 3 heterocycles. The molecule has 0 N–H and O–H groups in total. The van der Waals surface area contributed by atoms with Crippen LogP contribution in [0.1, 0.15) is 49.2 Å². The minimum atomic E-state index is 0.402. The molecule has 128 valence electrons. The summed E-state index contributed by atoms with van der Waals surface area (Å²) in [5.74, 6) is 3.72. The summed E-state index contributed by atoms with van der Waals surface area (Å²) < 4.78 is 6.47. The van der Waals surface area contributed by atoms with E-state index in [0.29, 0.717) is 11.8 Å². The Bertz CT molecular complexity index is 913. The first-order chi connectivity index (χ1) is 12.3. The van der Waals surface area contributed by atoms with E-state index in [-0.39, 0.29) is 0 Å². The highest BCUT2D eigenvalue weighted by Crippen LogP contribution is 2.40. The molecule has 1 saturated carbocycles. The summed E-state index contributed by atoms with van der Waals surface area (Å²) in [4.78, 5) is 11.8. The molecule has 2 aromatic heterocycles. The van der Waals surface area contributed by atoms with Gasteiger partial charge in [-0.3, -0.25) is 0 Å². The fraction of sp³-hybridized carbons (Fsp3) is 0.421. The zero-order valence-electron chi connectivity index (χ0n) is 13.9. The highest BCUT2D eigenvalue weighted by atomic mass is 79.9. The Morgan fingerprint density at radius 3 is 2.60 bits per heavy atom. The largest absolute Gasteiger partial charge is 0.357 e. The highest BCUT2D eigenvalue weighted by molar-refractivity contribution is 9.10. The van der Waals surface area contributed by atoms with Gasteiger partial charge in [0.25, 0.3) is 0 Å². The van der Waals surface area contributed by atoms with E-state index in [2.05, 4.69) is 49.2 Å². The van der Waals surface area contributed by atoms with Crippen molar-refractivity contribution in [1.82, 2.24) is 15.1 Å². The molecule has 0 bridgehead atoms. The van der Waals surface area contributed by atoms with Crippen molar-refractivity contribution in [3.05, 3.63) is 46.5 Å². The lowest BCUT2D eigenvalue weighted by Gasteiger charge is -2.31. The molecule has 1 aliphatic heterocycles. The maximum Gasteiger partial charge on any atom is 0.229 e. The zero-order valence-corrected chi connectivity index (χ0v) is 15.4. The van der Waals surface area contributed by atoms with Gasteiger partial charge in [-0.25, -0.2) is 4.98 Å². The van der Waals surface area contributed by atoms with E-state index in [4.69, 9.17) is 9.51 Å².